The van der Waals surface area contributed by atoms with Gasteiger partial charge in [-0.2, -0.15) is 0 Å². The summed E-state index contributed by atoms with van der Waals surface area (Å²) in [5, 5.41) is 0. The Kier molecular flexibility index (Phi) is 8.38. The van der Waals surface area contributed by atoms with E-state index in [-0.39, 0.29) is 36.3 Å². The monoisotopic (exact) mass is 552 g/mol. The molecule has 0 aromatic heterocycles. The van der Waals surface area contributed by atoms with Crippen molar-refractivity contribution >= 4 is 23.2 Å². The average molecular weight is 553 g/mol. The number of methoxy groups -OCH3 is 1. The highest BCUT2D eigenvalue weighted by molar-refractivity contribution is 6.01. The molecule has 3 aromatic rings. The molecular formula is C35H40N2O4. The summed E-state index contributed by atoms with van der Waals surface area (Å²) in [7, 11) is 1.70. The van der Waals surface area contributed by atoms with E-state index in [9.17, 15) is 9.59 Å². The average Bonchev–Trinajstić information content (AvgIpc) is 3.86. The number of ether oxygens (including phenoxy) is 2. The second-order valence-corrected chi connectivity index (χ2v) is 11.6. The number of nitrogens with zero attached hydrogens (tertiary/aromatic N) is 2. The first kappa shape index (κ1) is 27.5. The molecule has 3 aromatic carbocycles. The zero-order valence-corrected chi connectivity index (χ0v) is 24.0. The number of carbonyl (C=O) groups excluding carboxylic acids is 2. The van der Waals surface area contributed by atoms with Crippen LogP contribution in [0.2, 0.25) is 0 Å². The molecule has 0 saturated heterocycles. The number of rotatable bonds is 10. The number of unbranched alkanes of at least 4 members (excludes halogenated alkanes) is 1. The van der Waals surface area contributed by atoms with Gasteiger partial charge in [0.2, 0.25) is 5.91 Å². The van der Waals surface area contributed by atoms with E-state index in [1.54, 1.807) is 7.11 Å². The van der Waals surface area contributed by atoms with Crippen LogP contribution in [-0.4, -0.2) is 44.7 Å². The van der Waals surface area contributed by atoms with Crippen molar-refractivity contribution < 1.29 is 19.1 Å². The molecule has 1 aliphatic heterocycles. The van der Waals surface area contributed by atoms with Gasteiger partial charge in [-0.3, -0.25) is 9.59 Å². The smallest absolute Gasteiger partial charge is 0.265 e. The summed E-state index contributed by atoms with van der Waals surface area (Å²) in [4.78, 5) is 31.2. The van der Waals surface area contributed by atoms with Crippen molar-refractivity contribution in [3.8, 4) is 16.9 Å². The maximum absolute atomic E-state index is 14.5. The molecule has 3 aliphatic rings. The van der Waals surface area contributed by atoms with Crippen LogP contribution >= 0.6 is 0 Å². The fourth-order valence-electron chi connectivity index (χ4n) is 6.54. The Balaban J connectivity index is 1.28. The summed E-state index contributed by atoms with van der Waals surface area (Å²) in [6.07, 6.45) is 7.90. The quantitative estimate of drug-likeness (QED) is 0.255. The Hall–Kier alpha value is -3.64. The lowest BCUT2D eigenvalue weighted by molar-refractivity contribution is -0.124. The van der Waals surface area contributed by atoms with Gasteiger partial charge in [0.25, 0.3) is 5.91 Å². The fraction of sp³-hybridized carbons (Fsp3) is 0.429. The number of fused-ring (bicyclic) bond motifs is 1. The lowest BCUT2D eigenvalue weighted by Gasteiger charge is -2.36. The molecule has 2 saturated carbocycles. The maximum atomic E-state index is 14.5. The maximum Gasteiger partial charge on any atom is 0.265 e. The van der Waals surface area contributed by atoms with Crippen LogP contribution in [0.1, 0.15) is 62.8 Å². The largest absolute Gasteiger partial charge is 0.482 e. The molecule has 6 nitrogen and oxygen atoms in total. The van der Waals surface area contributed by atoms with Gasteiger partial charge in [0.15, 0.2) is 6.61 Å². The standard InChI is InChI=1S/C35H40N2O4/c1-40-21-8-7-20-36-32-23-29(18-19-33(32)41-24-34(36)38)37(28-16-17-28)35(39)31-15-6-5-14-30(31)27-13-9-12-26(22-27)25-10-3-2-4-11-25/h2-4,9-13,18-19,22-23,28,30-31H,5-8,14-17,20-21,24H2,1H3/t30-,31+/m1/s1. The number of hydrogen-bond acceptors (Lipinski definition) is 4. The number of hydrogen-bond donors (Lipinski definition) is 0. The molecule has 1 heterocycles. The molecule has 2 fully saturated rings. The lowest BCUT2D eigenvalue weighted by Crippen LogP contribution is -2.42. The highest BCUT2D eigenvalue weighted by atomic mass is 16.5. The van der Waals surface area contributed by atoms with Crippen molar-refractivity contribution in [1.29, 1.82) is 0 Å². The molecule has 0 N–H and O–H groups in total. The second-order valence-electron chi connectivity index (χ2n) is 11.6. The summed E-state index contributed by atoms with van der Waals surface area (Å²) in [6.45, 7) is 1.34. The van der Waals surface area contributed by atoms with Crippen molar-refractivity contribution in [2.75, 3.05) is 36.7 Å². The van der Waals surface area contributed by atoms with Crippen molar-refractivity contribution in [2.45, 2.75) is 63.3 Å². The van der Waals surface area contributed by atoms with E-state index in [4.69, 9.17) is 9.47 Å². The Labute approximate surface area is 243 Å². The predicted octanol–water partition coefficient (Wildman–Crippen LogP) is 6.98. The van der Waals surface area contributed by atoms with Crippen LogP contribution in [-0.2, 0) is 14.3 Å². The number of carbonyl (C=O) groups is 2. The molecule has 0 radical (unpaired) electrons. The first-order valence-electron chi connectivity index (χ1n) is 15.2. The topological polar surface area (TPSA) is 59.1 Å². The zero-order chi connectivity index (χ0) is 28.2. The minimum absolute atomic E-state index is 0.0398. The predicted molar refractivity (Wildman–Crippen MR) is 162 cm³/mol. The zero-order valence-electron chi connectivity index (χ0n) is 24.0. The Morgan fingerprint density at radius 2 is 1.73 bits per heavy atom. The van der Waals surface area contributed by atoms with Gasteiger partial charge in [-0.05, 0) is 79.3 Å². The van der Waals surface area contributed by atoms with Gasteiger partial charge < -0.3 is 19.3 Å². The Morgan fingerprint density at radius 3 is 2.54 bits per heavy atom. The van der Waals surface area contributed by atoms with Gasteiger partial charge in [0.05, 0.1) is 5.69 Å². The van der Waals surface area contributed by atoms with Crippen molar-refractivity contribution in [3.63, 3.8) is 0 Å². The molecule has 41 heavy (non-hydrogen) atoms. The third-order valence-corrected chi connectivity index (χ3v) is 8.80. The minimum Gasteiger partial charge on any atom is -0.482 e. The van der Waals surface area contributed by atoms with Gasteiger partial charge in [0, 0.05) is 37.9 Å². The normalized spacial score (nSPS) is 20.3. The van der Waals surface area contributed by atoms with E-state index in [0.717, 1.165) is 62.7 Å². The van der Waals surface area contributed by atoms with E-state index in [0.29, 0.717) is 18.9 Å². The van der Waals surface area contributed by atoms with Crippen molar-refractivity contribution in [3.05, 3.63) is 78.4 Å². The highest BCUT2D eigenvalue weighted by Crippen LogP contribution is 2.44. The molecule has 214 valence electrons. The van der Waals surface area contributed by atoms with Crippen LogP contribution in [0.15, 0.2) is 72.8 Å². The van der Waals surface area contributed by atoms with E-state index < -0.39 is 0 Å². The number of anilines is 2. The molecule has 0 spiro atoms. The van der Waals surface area contributed by atoms with Gasteiger partial charge in [-0.25, -0.2) is 0 Å². The summed E-state index contributed by atoms with van der Waals surface area (Å²) < 4.78 is 11.0. The van der Waals surface area contributed by atoms with Gasteiger partial charge >= 0.3 is 0 Å². The summed E-state index contributed by atoms with van der Waals surface area (Å²) in [5.41, 5.74) is 5.30. The number of amides is 2. The molecule has 6 heteroatoms. The van der Waals surface area contributed by atoms with Crippen LogP contribution in [0, 0.1) is 5.92 Å². The molecule has 0 bridgehead atoms. The molecule has 0 unspecified atom stereocenters. The lowest BCUT2D eigenvalue weighted by atomic mass is 9.74. The van der Waals surface area contributed by atoms with Crippen LogP contribution in [0.25, 0.3) is 11.1 Å². The van der Waals surface area contributed by atoms with Crippen molar-refractivity contribution in [2.24, 2.45) is 5.92 Å². The van der Waals surface area contributed by atoms with Gasteiger partial charge in [-0.15, -0.1) is 0 Å². The van der Waals surface area contributed by atoms with E-state index in [2.05, 4.69) is 48.5 Å². The first-order chi connectivity index (χ1) is 20.1. The summed E-state index contributed by atoms with van der Waals surface area (Å²) in [6, 6.07) is 25.4. The van der Waals surface area contributed by atoms with Gasteiger partial charge in [-0.1, -0.05) is 67.4 Å². The Morgan fingerprint density at radius 1 is 0.927 bits per heavy atom. The second kappa shape index (κ2) is 12.5. The van der Waals surface area contributed by atoms with E-state index >= 15 is 0 Å². The van der Waals surface area contributed by atoms with Crippen LogP contribution < -0.4 is 14.5 Å². The SMILES string of the molecule is COCCCCN1C(=O)COc2ccc(N(C(=O)[C@H]3CCCC[C@@H]3c3cccc(-c4ccccc4)c3)C3CC3)cc21. The molecule has 2 atom stereocenters. The summed E-state index contributed by atoms with van der Waals surface area (Å²) in [5.74, 6) is 1.02. The van der Waals surface area contributed by atoms with Crippen LogP contribution in [0.3, 0.4) is 0 Å². The number of benzene rings is 3. The third-order valence-electron chi connectivity index (χ3n) is 8.80. The van der Waals surface area contributed by atoms with E-state index in [1.807, 2.05) is 34.1 Å². The fourth-order valence-corrected chi connectivity index (χ4v) is 6.54. The Bertz CT molecular complexity index is 1370. The van der Waals surface area contributed by atoms with E-state index in [1.165, 1.54) is 16.7 Å². The van der Waals surface area contributed by atoms with Crippen LogP contribution in [0.4, 0.5) is 11.4 Å². The molecule has 6 rings (SSSR count). The summed E-state index contributed by atoms with van der Waals surface area (Å²) >= 11 is 0. The molecular weight excluding hydrogens is 512 g/mol. The minimum atomic E-state index is -0.0607. The molecule has 2 aliphatic carbocycles. The molecule has 2 amide bonds. The van der Waals surface area contributed by atoms with Gasteiger partial charge in [0.1, 0.15) is 5.75 Å². The van der Waals surface area contributed by atoms with Crippen molar-refractivity contribution in [1.82, 2.24) is 0 Å². The van der Waals surface area contributed by atoms with Crippen LogP contribution in [0.5, 0.6) is 5.75 Å². The third kappa shape index (κ3) is 6.03. The highest BCUT2D eigenvalue weighted by Gasteiger charge is 2.41. The first-order valence-corrected chi connectivity index (χ1v) is 15.2.